The highest BCUT2D eigenvalue weighted by Gasteiger charge is 2.08. The molecule has 23 heavy (non-hydrogen) atoms. The Bertz CT molecular complexity index is 623. The predicted molar refractivity (Wildman–Crippen MR) is 88.7 cm³/mol. The van der Waals surface area contributed by atoms with Gasteiger partial charge in [0.15, 0.2) is 6.61 Å². The van der Waals surface area contributed by atoms with E-state index >= 15 is 0 Å². The molecule has 1 amide bonds. The minimum absolute atomic E-state index is 0.131. The van der Waals surface area contributed by atoms with Gasteiger partial charge in [-0.3, -0.25) is 9.59 Å². The van der Waals surface area contributed by atoms with Crippen molar-refractivity contribution < 1.29 is 19.1 Å². The molecular formula is C17H19NO4S. The van der Waals surface area contributed by atoms with Crippen LogP contribution in [0.2, 0.25) is 0 Å². The molecule has 0 saturated heterocycles. The van der Waals surface area contributed by atoms with Crippen LogP contribution < -0.4 is 10.1 Å². The minimum Gasteiger partial charge on any atom is -0.497 e. The van der Waals surface area contributed by atoms with Gasteiger partial charge in [0.1, 0.15) is 5.75 Å². The zero-order valence-electron chi connectivity index (χ0n) is 12.9. The van der Waals surface area contributed by atoms with Crippen LogP contribution in [-0.4, -0.2) is 32.1 Å². The number of nitrogens with one attached hydrogen (secondary N) is 1. The Labute approximate surface area is 139 Å². The van der Waals surface area contributed by atoms with E-state index in [2.05, 4.69) is 5.32 Å². The van der Waals surface area contributed by atoms with Crippen LogP contribution in [0.4, 0.5) is 0 Å². The van der Waals surface area contributed by atoms with Crippen molar-refractivity contribution in [1.29, 1.82) is 0 Å². The highest BCUT2D eigenvalue weighted by atomic mass is 32.1. The molecule has 1 aromatic carbocycles. The molecule has 0 aliphatic heterocycles. The molecule has 122 valence electrons. The number of esters is 1. The van der Waals surface area contributed by atoms with Gasteiger partial charge in [0.05, 0.1) is 13.5 Å². The summed E-state index contributed by atoms with van der Waals surface area (Å²) in [4.78, 5) is 24.5. The monoisotopic (exact) mass is 333 g/mol. The number of carbonyl (C=O) groups excluding carboxylic acids is 2. The third-order valence-corrected chi connectivity index (χ3v) is 4.08. The SMILES string of the molecule is COc1ccc(CC(=O)OCC(=O)NCCc2cccs2)cc1. The lowest BCUT2D eigenvalue weighted by Crippen LogP contribution is -2.30. The van der Waals surface area contributed by atoms with Gasteiger partial charge in [-0.25, -0.2) is 0 Å². The third-order valence-electron chi connectivity index (χ3n) is 3.15. The highest BCUT2D eigenvalue weighted by Crippen LogP contribution is 2.12. The van der Waals surface area contributed by atoms with E-state index < -0.39 is 5.97 Å². The molecule has 6 heteroatoms. The number of rotatable bonds is 8. The summed E-state index contributed by atoms with van der Waals surface area (Å²) in [6, 6.07) is 11.1. The van der Waals surface area contributed by atoms with Crippen molar-refractivity contribution in [2.45, 2.75) is 12.8 Å². The number of benzene rings is 1. The lowest BCUT2D eigenvalue weighted by atomic mass is 10.1. The lowest BCUT2D eigenvalue weighted by molar-refractivity contribution is -0.147. The number of ether oxygens (including phenoxy) is 2. The first-order valence-electron chi connectivity index (χ1n) is 7.25. The summed E-state index contributed by atoms with van der Waals surface area (Å²) in [6.45, 7) is 0.287. The van der Waals surface area contributed by atoms with Crippen LogP contribution in [-0.2, 0) is 27.2 Å². The molecule has 1 heterocycles. The molecule has 0 unspecified atom stereocenters. The number of hydrogen-bond donors (Lipinski definition) is 1. The van der Waals surface area contributed by atoms with Gasteiger partial charge in [-0.2, -0.15) is 0 Å². The molecule has 5 nitrogen and oxygen atoms in total. The van der Waals surface area contributed by atoms with Crippen molar-refractivity contribution in [3.63, 3.8) is 0 Å². The predicted octanol–water partition coefficient (Wildman–Crippen LogP) is 2.20. The fourth-order valence-electron chi connectivity index (χ4n) is 1.94. The number of amides is 1. The number of hydrogen-bond acceptors (Lipinski definition) is 5. The standard InChI is InChI=1S/C17H19NO4S/c1-21-14-6-4-13(5-7-14)11-17(20)22-12-16(19)18-9-8-15-3-2-10-23-15/h2-7,10H,8-9,11-12H2,1H3,(H,18,19). The van der Waals surface area contributed by atoms with Gasteiger partial charge in [0.2, 0.25) is 0 Å². The molecule has 2 aromatic rings. The van der Waals surface area contributed by atoms with Crippen LogP contribution in [0, 0.1) is 0 Å². The molecule has 0 radical (unpaired) electrons. The van der Waals surface area contributed by atoms with Crippen molar-refractivity contribution in [3.05, 3.63) is 52.2 Å². The largest absolute Gasteiger partial charge is 0.497 e. The first-order valence-corrected chi connectivity index (χ1v) is 8.13. The van der Waals surface area contributed by atoms with Gasteiger partial charge in [0, 0.05) is 11.4 Å². The Morgan fingerprint density at radius 2 is 1.96 bits per heavy atom. The van der Waals surface area contributed by atoms with Crippen LogP contribution >= 0.6 is 11.3 Å². The summed E-state index contributed by atoms with van der Waals surface area (Å²) in [5.74, 6) is 0.0143. The van der Waals surface area contributed by atoms with E-state index in [1.807, 2.05) is 17.5 Å². The highest BCUT2D eigenvalue weighted by molar-refractivity contribution is 7.09. The second kappa shape index (κ2) is 8.95. The topological polar surface area (TPSA) is 64.6 Å². The van der Waals surface area contributed by atoms with Crippen molar-refractivity contribution in [1.82, 2.24) is 5.32 Å². The Morgan fingerprint density at radius 1 is 1.17 bits per heavy atom. The smallest absolute Gasteiger partial charge is 0.310 e. The van der Waals surface area contributed by atoms with Crippen LogP contribution in [0.25, 0.3) is 0 Å². The second-order valence-electron chi connectivity index (χ2n) is 4.86. The molecule has 2 rings (SSSR count). The molecule has 1 aromatic heterocycles. The number of thiophene rings is 1. The van der Waals surface area contributed by atoms with E-state index in [1.165, 1.54) is 4.88 Å². The van der Waals surface area contributed by atoms with Crippen LogP contribution in [0.1, 0.15) is 10.4 Å². The van der Waals surface area contributed by atoms with E-state index in [1.54, 1.807) is 42.7 Å². The summed E-state index contributed by atoms with van der Waals surface area (Å²) >= 11 is 1.65. The van der Waals surface area contributed by atoms with Crippen molar-refractivity contribution in [2.75, 3.05) is 20.3 Å². The second-order valence-corrected chi connectivity index (χ2v) is 5.90. The molecule has 0 bridgehead atoms. The fourth-order valence-corrected chi connectivity index (χ4v) is 2.65. The minimum atomic E-state index is -0.427. The van der Waals surface area contributed by atoms with E-state index in [9.17, 15) is 9.59 Å². The molecular weight excluding hydrogens is 314 g/mol. The van der Waals surface area contributed by atoms with Crippen LogP contribution in [0.15, 0.2) is 41.8 Å². The average Bonchev–Trinajstić information content (AvgIpc) is 3.07. The summed E-state index contributed by atoms with van der Waals surface area (Å²) < 4.78 is 10.0. The maximum atomic E-state index is 11.7. The summed E-state index contributed by atoms with van der Waals surface area (Å²) in [7, 11) is 1.58. The molecule has 0 aliphatic carbocycles. The van der Waals surface area contributed by atoms with Crippen molar-refractivity contribution >= 4 is 23.2 Å². The summed E-state index contributed by atoms with van der Waals surface area (Å²) in [5, 5.41) is 4.73. The first-order chi connectivity index (χ1) is 11.2. The Morgan fingerprint density at radius 3 is 2.61 bits per heavy atom. The normalized spacial score (nSPS) is 10.1. The Kier molecular flexibility index (Phi) is 6.62. The average molecular weight is 333 g/mol. The maximum absolute atomic E-state index is 11.7. The van der Waals surface area contributed by atoms with Gasteiger partial charge < -0.3 is 14.8 Å². The number of methoxy groups -OCH3 is 1. The van der Waals surface area contributed by atoms with E-state index in [4.69, 9.17) is 9.47 Å². The quantitative estimate of drug-likeness (QED) is 0.752. The van der Waals surface area contributed by atoms with Gasteiger partial charge in [0.25, 0.3) is 5.91 Å². The molecule has 0 spiro atoms. The van der Waals surface area contributed by atoms with E-state index in [0.29, 0.717) is 6.54 Å². The van der Waals surface area contributed by atoms with Gasteiger partial charge >= 0.3 is 5.97 Å². The molecule has 0 atom stereocenters. The van der Waals surface area contributed by atoms with Gasteiger partial charge in [-0.1, -0.05) is 18.2 Å². The van der Waals surface area contributed by atoms with Crippen LogP contribution in [0.5, 0.6) is 5.75 Å². The van der Waals surface area contributed by atoms with Crippen LogP contribution in [0.3, 0.4) is 0 Å². The van der Waals surface area contributed by atoms with Crippen molar-refractivity contribution in [2.24, 2.45) is 0 Å². The molecule has 0 saturated carbocycles. The zero-order chi connectivity index (χ0) is 16.5. The first kappa shape index (κ1) is 17.0. The molecule has 0 fully saturated rings. The summed E-state index contributed by atoms with van der Waals surface area (Å²) in [6.07, 6.45) is 0.912. The number of carbonyl (C=O) groups is 2. The molecule has 1 N–H and O–H groups in total. The van der Waals surface area contributed by atoms with E-state index in [0.717, 1.165) is 17.7 Å². The third kappa shape index (κ3) is 6.12. The van der Waals surface area contributed by atoms with Crippen molar-refractivity contribution in [3.8, 4) is 5.75 Å². The van der Waals surface area contributed by atoms with Gasteiger partial charge in [-0.05, 0) is 35.6 Å². The Hall–Kier alpha value is -2.34. The van der Waals surface area contributed by atoms with Gasteiger partial charge in [-0.15, -0.1) is 11.3 Å². The lowest BCUT2D eigenvalue weighted by Gasteiger charge is -2.07. The fraction of sp³-hybridized carbons (Fsp3) is 0.294. The maximum Gasteiger partial charge on any atom is 0.310 e. The van der Waals surface area contributed by atoms with E-state index in [-0.39, 0.29) is 18.9 Å². The molecule has 0 aliphatic rings. The Balaban J connectivity index is 1.63. The summed E-state index contributed by atoms with van der Waals surface area (Å²) in [5.41, 5.74) is 0.814. The zero-order valence-corrected chi connectivity index (χ0v) is 13.7.